The number of H-pyrrole nitrogens is 1. The van der Waals surface area contributed by atoms with Gasteiger partial charge < -0.3 is 10.4 Å². The smallest absolute Gasteiger partial charge is 0.130 e. The molecular formula is C8H7N3. The molecule has 0 aromatic carbocycles. The van der Waals surface area contributed by atoms with Gasteiger partial charge in [-0.3, -0.25) is 0 Å². The number of nitrogens with one attached hydrogen (secondary N) is 2. The summed E-state index contributed by atoms with van der Waals surface area (Å²) in [7, 11) is 0. The lowest BCUT2D eigenvalue weighted by atomic mass is 10.5. The van der Waals surface area contributed by atoms with Crippen molar-refractivity contribution in [2.24, 2.45) is 0 Å². The summed E-state index contributed by atoms with van der Waals surface area (Å²) in [6, 6.07) is 0. The van der Waals surface area contributed by atoms with Crippen molar-refractivity contribution in [2.45, 2.75) is 0 Å². The van der Waals surface area contributed by atoms with Crippen molar-refractivity contribution in [1.29, 1.82) is 5.41 Å². The lowest BCUT2D eigenvalue weighted by molar-refractivity contribution is 1.26. The molecule has 0 unspecified atom stereocenters. The largest absolute Gasteiger partial charge is 0.332 e. The highest BCUT2D eigenvalue weighted by Gasteiger charge is 1.90. The molecule has 0 aliphatic carbocycles. The third kappa shape index (κ3) is 1.80. The predicted molar refractivity (Wildman–Crippen MR) is 44.3 cm³/mol. The van der Waals surface area contributed by atoms with E-state index in [0.29, 0.717) is 11.5 Å². The maximum absolute atomic E-state index is 6.71. The molecule has 1 heterocycles. The Morgan fingerprint density at radius 1 is 1.73 bits per heavy atom. The third-order valence-electron chi connectivity index (χ3n) is 1.10. The molecule has 0 aliphatic heterocycles. The number of hydrogen-bond acceptors (Lipinski definition) is 2. The summed E-state index contributed by atoms with van der Waals surface area (Å²) in [5.41, 5.74) is 0.648. The van der Waals surface area contributed by atoms with Gasteiger partial charge in [0.1, 0.15) is 11.5 Å². The fourth-order valence-electron chi connectivity index (χ4n) is 0.634. The van der Waals surface area contributed by atoms with Crippen molar-refractivity contribution in [3.05, 3.63) is 23.8 Å². The van der Waals surface area contributed by atoms with Crippen molar-refractivity contribution in [1.82, 2.24) is 9.97 Å². The summed E-state index contributed by atoms with van der Waals surface area (Å²) >= 11 is 0. The van der Waals surface area contributed by atoms with Crippen LogP contribution in [0.1, 0.15) is 11.5 Å². The Kier molecular flexibility index (Phi) is 2.24. The zero-order valence-electron chi connectivity index (χ0n) is 5.83. The van der Waals surface area contributed by atoms with E-state index >= 15 is 0 Å². The zero-order chi connectivity index (χ0) is 8.10. The van der Waals surface area contributed by atoms with Gasteiger partial charge in [0.15, 0.2) is 0 Å². The fourth-order valence-corrected chi connectivity index (χ4v) is 0.634. The van der Waals surface area contributed by atoms with Crippen molar-refractivity contribution in [3.63, 3.8) is 0 Å². The van der Waals surface area contributed by atoms with Gasteiger partial charge in [0.2, 0.25) is 0 Å². The Hall–Kier alpha value is -1.82. The summed E-state index contributed by atoms with van der Waals surface area (Å²) in [5.74, 6) is 3.08. The average Bonchev–Trinajstić information content (AvgIpc) is 2.48. The first-order chi connectivity index (χ1) is 5.36. The topological polar surface area (TPSA) is 52.5 Å². The Balaban J connectivity index is 2.82. The number of terminal acetylenes is 1. The van der Waals surface area contributed by atoms with E-state index in [0.717, 1.165) is 0 Å². The fraction of sp³-hybridized carbons (Fsp3) is 0. The van der Waals surface area contributed by atoms with Crippen molar-refractivity contribution < 1.29 is 0 Å². The van der Waals surface area contributed by atoms with E-state index in [1.54, 1.807) is 18.3 Å². The van der Waals surface area contributed by atoms with Crippen LogP contribution >= 0.6 is 0 Å². The minimum Gasteiger partial charge on any atom is -0.332 e. The zero-order valence-corrected chi connectivity index (χ0v) is 5.83. The molecule has 0 saturated heterocycles. The second-order valence-electron chi connectivity index (χ2n) is 1.85. The molecule has 0 spiro atoms. The maximum atomic E-state index is 6.71. The van der Waals surface area contributed by atoms with Crippen LogP contribution in [0.2, 0.25) is 0 Å². The van der Waals surface area contributed by atoms with E-state index in [-0.39, 0.29) is 0 Å². The molecule has 0 bridgehead atoms. The van der Waals surface area contributed by atoms with Crippen LogP contribution in [-0.2, 0) is 0 Å². The highest BCUT2D eigenvalue weighted by Crippen LogP contribution is 1.96. The highest BCUT2D eigenvalue weighted by atomic mass is 14.9. The highest BCUT2D eigenvalue weighted by molar-refractivity contribution is 5.74. The lowest BCUT2D eigenvalue weighted by Crippen LogP contribution is -1.74. The van der Waals surface area contributed by atoms with Gasteiger partial charge in [0.05, 0.1) is 6.20 Å². The Bertz CT molecular complexity index is 314. The van der Waals surface area contributed by atoms with Gasteiger partial charge in [0.25, 0.3) is 0 Å². The molecule has 0 amide bonds. The normalized spacial score (nSPS) is 9.73. The standard InChI is InChI=1S/C8H7N3/c1-2-7-6-10-8(11-7)4-3-5-9/h1,3-6,9H,(H,10,11)/b4-3-,9-5?. The first kappa shape index (κ1) is 7.29. The number of aromatic nitrogens is 2. The monoisotopic (exact) mass is 145 g/mol. The van der Waals surface area contributed by atoms with Gasteiger partial charge >= 0.3 is 0 Å². The molecule has 0 aliphatic rings. The molecule has 2 N–H and O–H groups in total. The molecule has 1 aromatic heterocycles. The van der Waals surface area contributed by atoms with E-state index in [1.807, 2.05) is 0 Å². The molecule has 3 heteroatoms. The Labute approximate surface area is 64.7 Å². The molecule has 1 rings (SSSR count). The van der Waals surface area contributed by atoms with Crippen LogP contribution in [0.25, 0.3) is 6.08 Å². The minimum absolute atomic E-state index is 0.648. The average molecular weight is 145 g/mol. The molecule has 11 heavy (non-hydrogen) atoms. The van der Waals surface area contributed by atoms with Gasteiger partial charge in [-0.15, -0.1) is 6.42 Å². The van der Waals surface area contributed by atoms with Crippen LogP contribution in [0.4, 0.5) is 0 Å². The van der Waals surface area contributed by atoms with Gasteiger partial charge in [-0.2, -0.15) is 0 Å². The van der Waals surface area contributed by atoms with E-state index < -0.39 is 0 Å². The van der Waals surface area contributed by atoms with Crippen LogP contribution < -0.4 is 0 Å². The van der Waals surface area contributed by atoms with Crippen LogP contribution in [0.15, 0.2) is 12.3 Å². The maximum Gasteiger partial charge on any atom is 0.130 e. The number of aromatic amines is 1. The Morgan fingerprint density at radius 2 is 2.55 bits per heavy atom. The predicted octanol–water partition coefficient (Wildman–Crippen LogP) is 1.05. The molecule has 1 aromatic rings. The number of rotatable bonds is 2. The Morgan fingerprint density at radius 3 is 3.09 bits per heavy atom. The van der Waals surface area contributed by atoms with Gasteiger partial charge in [-0.05, 0) is 12.2 Å². The SMILES string of the molecule is C#Cc1cnc(/C=C\C=N)[nH]1. The minimum atomic E-state index is 0.648. The number of nitrogens with zero attached hydrogens (tertiary/aromatic N) is 1. The van der Waals surface area contributed by atoms with Crippen molar-refractivity contribution in [3.8, 4) is 12.3 Å². The summed E-state index contributed by atoms with van der Waals surface area (Å²) in [6.07, 6.45) is 11.1. The van der Waals surface area contributed by atoms with Crippen LogP contribution in [-0.4, -0.2) is 16.2 Å². The van der Waals surface area contributed by atoms with Gasteiger partial charge in [-0.1, -0.05) is 5.92 Å². The van der Waals surface area contributed by atoms with Crippen LogP contribution in [0.5, 0.6) is 0 Å². The summed E-state index contributed by atoms with van der Waals surface area (Å²) in [4.78, 5) is 6.80. The van der Waals surface area contributed by atoms with Crippen molar-refractivity contribution >= 4 is 12.3 Å². The molecule has 0 radical (unpaired) electrons. The molecule has 0 saturated carbocycles. The van der Waals surface area contributed by atoms with Gasteiger partial charge in [-0.25, -0.2) is 4.98 Å². The second kappa shape index (κ2) is 3.37. The summed E-state index contributed by atoms with van der Waals surface area (Å²) in [5, 5.41) is 6.71. The van der Waals surface area contributed by atoms with Gasteiger partial charge in [0, 0.05) is 6.21 Å². The molecule has 0 fully saturated rings. The first-order valence-electron chi connectivity index (χ1n) is 3.05. The molecular weight excluding hydrogens is 138 g/mol. The summed E-state index contributed by atoms with van der Waals surface area (Å²) in [6.45, 7) is 0. The number of allylic oxidation sites excluding steroid dienone is 1. The molecule has 3 nitrogen and oxygen atoms in total. The quantitative estimate of drug-likeness (QED) is 0.474. The molecule has 54 valence electrons. The number of hydrogen-bond donors (Lipinski definition) is 2. The van der Waals surface area contributed by atoms with Crippen LogP contribution in [0, 0.1) is 17.8 Å². The van der Waals surface area contributed by atoms with Crippen molar-refractivity contribution in [2.75, 3.05) is 0 Å². The number of imidazole rings is 1. The lowest BCUT2D eigenvalue weighted by Gasteiger charge is -1.79. The van der Waals surface area contributed by atoms with E-state index in [2.05, 4.69) is 15.9 Å². The van der Waals surface area contributed by atoms with Crippen LogP contribution in [0.3, 0.4) is 0 Å². The third-order valence-corrected chi connectivity index (χ3v) is 1.10. The first-order valence-corrected chi connectivity index (χ1v) is 3.05. The van der Waals surface area contributed by atoms with E-state index in [9.17, 15) is 0 Å². The van der Waals surface area contributed by atoms with E-state index in [4.69, 9.17) is 11.8 Å². The molecule has 0 atom stereocenters. The summed E-state index contributed by atoms with van der Waals surface area (Å²) < 4.78 is 0. The second-order valence-corrected chi connectivity index (χ2v) is 1.85. The van der Waals surface area contributed by atoms with E-state index in [1.165, 1.54) is 6.21 Å².